The third-order valence-electron chi connectivity index (χ3n) is 2.46. The number of nitrogens with one attached hydrogen (secondary N) is 1. The molecule has 1 aromatic carbocycles. The van der Waals surface area contributed by atoms with Crippen LogP contribution in [0.3, 0.4) is 0 Å². The van der Waals surface area contributed by atoms with E-state index >= 15 is 0 Å². The van der Waals surface area contributed by atoms with Crippen molar-refractivity contribution >= 4 is 11.8 Å². The average Bonchev–Trinajstić information content (AvgIpc) is 2.77. The molecule has 1 heterocycles. The van der Waals surface area contributed by atoms with Crippen molar-refractivity contribution in [2.75, 3.05) is 13.2 Å². The number of ketones is 1. The number of urea groups is 1. The van der Waals surface area contributed by atoms with Crippen LogP contribution in [-0.4, -0.2) is 25.0 Å². The minimum atomic E-state index is -0.524. The first-order chi connectivity index (χ1) is 8.72. The van der Waals surface area contributed by atoms with Crippen LogP contribution in [0.4, 0.5) is 4.79 Å². The number of benzene rings is 1. The Balaban J connectivity index is 2.23. The van der Waals surface area contributed by atoms with Gasteiger partial charge in [-0.3, -0.25) is 4.79 Å². The number of nitrogens with zero attached hydrogens (tertiary/aromatic N) is 1. The number of ether oxygens (including phenoxy) is 1. The molecular formula is C13H13N2O3. The smallest absolute Gasteiger partial charge is 0.346 e. The molecule has 0 fully saturated rings. The molecule has 0 aromatic heterocycles. The zero-order valence-corrected chi connectivity index (χ0v) is 9.97. The number of carbonyl (C=O) groups excluding carboxylic acids is 2. The van der Waals surface area contributed by atoms with Gasteiger partial charge in [-0.05, 0) is 6.92 Å². The highest BCUT2D eigenvalue weighted by molar-refractivity contribution is 6.12. The summed E-state index contributed by atoms with van der Waals surface area (Å²) in [6.07, 6.45) is 0. The fourth-order valence-corrected chi connectivity index (χ4v) is 1.61. The van der Waals surface area contributed by atoms with E-state index in [1.165, 1.54) is 0 Å². The maximum atomic E-state index is 12.2. The Kier molecular flexibility index (Phi) is 3.74. The number of allylic oxidation sites excluding steroid dienone is 1. The molecule has 0 saturated heterocycles. The van der Waals surface area contributed by atoms with Crippen LogP contribution >= 0.6 is 0 Å². The third kappa shape index (κ3) is 2.57. The molecule has 2 rings (SSSR count). The summed E-state index contributed by atoms with van der Waals surface area (Å²) in [4.78, 5) is 23.4. The summed E-state index contributed by atoms with van der Waals surface area (Å²) in [5.74, 6) is -0.274. The SMILES string of the molecule is CCOCC1=C(C(=O)c2ccccc2)[N]C(=O)N1. The van der Waals surface area contributed by atoms with E-state index in [9.17, 15) is 9.59 Å². The summed E-state index contributed by atoms with van der Waals surface area (Å²) in [7, 11) is 0. The molecule has 0 spiro atoms. The molecule has 1 aliphatic rings. The fourth-order valence-electron chi connectivity index (χ4n) is 1.61. The topological polar surface area (TPSA) is 69.5 Å². The van der Waals surface area contributed by atoms with Gasteiger partial charge in [0.05, 0.1) is 12.3 Å². The normalized spacial score (nSPS) is 14.4. The lowest BCUT2D eigenvalue weighted by Crippen LogP contribution is -2.20. The molecule has 1 aromatic rings. The van der Waals surface area contributed by atoms with Crippen molar-refractivity contribution in [1.82, 2.24) is 10.6 Å². The van der Waals surface area contributed by atoms with Crippen LogP contribution in [0.2, 0.25) is 0 Å². The molecule has 93 valence electrons. The van der Waals surface area contributed by atoms with Crippen molar-refractivity contribution in [2.45, 2.75) is 6.92 Å². The first-order valence-electron chi connectivity index (χ1n) is 5.65. The van der Waals surface area contributed by atoms with Gasteiger partial charge in [0.15, 0.2) is 0 Å². The van der Waals surface area contributed by atoms with E-state index in [0.717, 1.165) is 0 Å². The van der Waals surface area contributed by atoms with E-state index < -0.39 is 6.03 Å². The minimum absolute atomic E-state index is 0.139. The molecule has 18 heavy (non-hydrogen) atoms. The van der Waals surface area contributed by atoms with Crippen LogP contribution in [0, 0.1) is 0 Å². The second kappa shape index (κ2) is 5.46. The van der Waals surface area contributed by atoms with Gasteiger partial charge >= 0.3 is 6.03 Å². The van der Waals surface area contributed by atoms with Crippen molar-refractivity contribution in [2.24, 2.45) is 0 Å². The van der Waals surface area contributed by atoms with Crippen molar-refractivity contribution < 1.29 is 14.3 Å². The Morgan fingerprint density at radius 2 is 2.06 bits per heavy atom. The van der Waals surface area contributed by atoms with Gasteiger partial charge in [-0.1, -0.05) is 30.3 Å². The van der Waals surface area contributed by atoms with Crippen LogP contribution in [0.25, 0.3) is 0 Å². The highest BCUT2D eigenvalue weighted by atomic mass is 16.5. The Morgan fingerprint density at radius 3 is 2.72 bits per heavy atom. The maximum Gasteiger partial charge on any atom is 0.346 e. The zero-order valence-electron chi connectivity index (χ0n) is 9.97. The van der Waals surface area contributed by atoms with Gasteiger partial charge in [-0.2, -0.15) is 5.32 Å². The lowest BCUT2D eigenvalue weighted by atomic mass is 10.1. The summed E-state index contributed by atoms with van der Waals surface area (Å²) in [5, 5.41) is 6.22. The molecule has 0 atom stereocenters. The maximum absolute atomic E-state index is 12.2. The van der Waals surface area contributed by atoms with Crippen LogP contribution in [0.1, 0.15) is 17.3 Å². The Hall–Kier alpha value is -2.14. The van der Waals surface area contributed by atoms with E-state index in [4.69, 9.17) is 4.74 Å². The molecule has 0 unspecified atom stereocenters. The van der Waals surface area contributed by atoms with Crippen molar-refractivity contribution in [3.63, 3.8) is 0 Å². The third-order valence-corrected chi connectivity index (χ3v) is 2.46. The standard InChI is InChI=1S/C13H13N2O3/c1-2-18-8-10-11(15-13(17)14-10)12(16)9-6-4-3-5-7-9/h3-7H,2,8H2,1H3,(H,14,17). The molecular weight excluding hydrogens is 232 g/mol. The highest BCUT2D eigenvalue weighted by Gasteiger charge is 2.28. The summed E-state index contributed by atoms with van der Waals surface area (Å²) in [6.45, 7) is 2.53. The fraction of sp³-hybridized carbons (Fsp3) is 0.231. The van der Waals surface area contributed by atoms with Gasteiger partial charge in [-0.25, -0.2) is 4.79 Å². The van der Waals surface area contributed by atoms with E-state index in [0.29, 0.717) is 17.9 Å². The summed E-state index contributed by atoms with van der Waals surface area (Å²) < 4.78 is 5.20. The summed E-state index contributed by atoms with van der Waals surface area (Å²) >= 11 is 0. The first kappa shape index (κ1) is 12.3. The first-order valence-corrected chi connectivity index (χ1v) is 5.65. The monoisotopic (exact) mass is 245 g/mol. The number of hydrogen-bond donors (Lipinski definition) is 1. The lowest BCUT2D eigenvalue weighted by molar-refractivity contribution is 0.102. The molecule has 1 N–H and O–H groups in total. The summed E-state index contributed by atoms with van der Waals surface area (Å²) in [6, 6.07) is 8.20. The average molecular weight is 245 g/mol. The molecule has 0 aliphatic carbocycles. The van der Waals surface area contributed by atoms with Crippen molar-refractivity contribution in [3.8, 4) is 0 Å². The number of carbonyl (C=O) groups is 2. The van der Waals surface area contributed by atoms with Crippen LogP contribution < -0.4 is 10.6 Å². The Morgan fingerprint density at radius 1 is 1.33 bits per heavy atom. The number of Topliss-reactive ketones (excluding diaryl/α,β-unsaturated/α-hetero) is 1. The predicted octanol–water partition coefficient (Wildman–Crippen LogP) is 1.45. The Labute approximate surface area is 105 Å². The van der Waals surface area contributed by atoms with Crippen molar-refractivity contribution in [3.05, 3.63) is 47.3 Å². The molecule has 0 saturated carbocycles. The van der Waals surface area contributed by atoms with Crippen LogP contribution in [0.15, 0.2) is 41.7 Å². The van der Waals surface area contributed by atoms with Crippen molar-refractivity contribution in [1.29, 1.82) is 0 Å². The van der Waals surface area contributed by atoms with Crippen LogP contribution in [0.5, 0.6) is 0 Å². The molecule has 5 heteroatoms. The van der Waals surface area contributed by atoms with Crippen LogP contribution in [-0.2, 0) is 4.74 Å². The van der Waals surface area contributed by atoms with E-state index in [1.54, 1.807) is 24.3 Å². The predicted molar refractivity (Wildman–Crippen MR) is 65.0 cm³/mol. The second-order valence-corrected chi connectivity index (χ2v) is 3.70. The van der Waals surface area contributed by atoms with E-state index in [1.807, 2.05) is 13.0 Å². The van der Waals surface area contributed by atoms with Gasteiger partial charge < -0.3 is 10.1 Å². The molecule has 5 nitrogen and oxygen atoms in total. The van der Waals surface area contributed by atoms with E-state index in [2.05, 4.69) is 10.6 Å². The zero-order chi connectivity index (χ0) is 13.0. The van der Waals surface area contributed by atoms with Gasteiger partial charge in [0.2, 0.25) is 5.78 Å². The number of rotatable bonds is 5. The summed E-state index contributed by atoms with van der Waals surface area (Å²) in [5.41, 5.74) is 1.07. The highest BCUT2D eigenvalue weighted by Crippen LogP contribution is 2.14. The second-order valence-electron chi connectivity index (χ2n) is 3.70. The number of amides is 2. The van der Waals surface area contributed by atoms with Gasteiger partial charge in [-0.15, -0.1) is 0 Å². The minimum Gasteiger partial charge on any atom is -0.375 e. The Bertz CT molecular complexity index is 494. The van der Waals surface area contributed by atoms with Gasteiger partial charge in [0.25, 0.3) is 0 Å². The molecule has 2 amide bonds. The lowest BCUT2D eigenvalue weighted by Gasteiger charge is -2.04. The molecule has 0 bridgehead atoms. The van der Waals surface area contributed by atoms with Gasteiger partial charge in [0.1, 0.15) is 5.70 Å². The quantitative estimate of drug-likeness (QED) is 0.798. The van der Waals surface area contributed by atoms with Gasteiger partial charge in [0, 0.05) is 12.2 Å². The van der Waals surface area contributed by atoms with E-state index in [-0.39, 0.29) is 18.1 Å². The molecule has 1 aliphatic heterocycles. The molecule has 1 radical (unpaired) electrons. The number of hydrogen-bond acceptors (Lipinski definition) is 3. The largest absolute Gasteiger partial charge is 0.375 e.